The van der Waals surface area contributed by atoms with Gasteiger partial charge in [-0.1, -0.05) is 36.4 Å². The molecule has 3 aromatic heterocycles. The highest BCUT2D eigenvalue weighted by molar-refractivity contribution is 7.17. The Bertz CT molecular complexity index is 1130. The van der Waals surface area contributed by atoms with Crippen molar-refractivity contribution in [3.63, 3.8) is 0 Å². The average Bonchev–Trinajstić information content (AvgIpc) is 3.40. The van der Waals surface area contributed by atoms with Crippen LogP contribution in [-0.4, -0.2) is 46.5 Å². The third-order valence-electron chi connectivity index (χ3n) is 5.75. The molecule has 0 atom stereocenters. The summed E-state index contributed by atoms with van der Waals surface area (Å²) in [5.74, 6) is 1.11. The van der Waals surface area contributed by atoms with Crippen molar-refractivity contribution in [1.29, 1.82) is 0 Å². The molecule has 0 bridgehead atoms. The van der Waals surface area contributed by atoms with Crippen molar-refractivity contribution in [2.45, 2.75) is 13.0 Å². The molecule has 6 heteroatoms. The van der Waals surface area contributed by atoms with Crippen LogP contribution in [0.5, 0.6) is 0 Å². The van der Waals surface area contributed by atoms with Gasteiger partial charge in [0.25, 0.3) is 5.91 Å². The van der Waals surface area contributed by atoms with Crippen molar-refractivity contribution in [3.8, 4) is 0 Å². The van der Waals surface area contributed by atoms with Crippen LogP contribution in [0.1, 0.15) is 16.1 Å². The van der Waals surface area contributed by atoms with E-state index in [1.54, 1.807) is 11.3 Å². The smallest absolute Gasteiger partial charge is 0.270 e. The molecule has 1 aliphatic heterocycles. The van der Waals surface area contributed by atoms with E-state index in [2.05, 4.69) is 56.2 Å². The summed E-state index contributed by atoms with van der Waals surface area (Å²) in [6.45, 7) is 3.85. The van der Waals surface area contributed by atoms with Crippen molar-refractivity contribution in [3.05, 3.63) is 83.5 Å². The van der Waals surface area contributed by atoms with Crippen molar-refractivity contribution in [2.75, 3.05) is 31.1 Å². The zero-order chi connectivity index (χ0) is 20.3. The number of anilines is 1. The minimum atomic E-state index is 0.132. The van der Waals surface area contributed by atoms with Gasteiger partial charge >= 0.3 is 0 Å². The molecule has 152 valence electrons. The summed E-state index contributed by atoms with van der Waals surface area (Å²) in [6, 6.07) is 20.6. The first-order chi connectivity index (χ1) is 14.8. The number of rotatable bonds is 5. The van der Waals surface area contributed by atoms with Gasteiger partial charge in [0.2, 0.25) is 0 Å². The van der Waals surface area contributed by atoms with Crippen LogP contribution in [0.25, 0.3) is 10.2 Å². The molecule has 1 aromatic carbocycles. The van der Waals surface area contributed by atoms with E-state index in [0.717, 1.165) is 43.1 Å². The monoisotopic (exact) mass is 416 g/mol. The zero-order valence-electron chi connectivity index (χ0n) is 16.8. The molecule has 5 nitrogen and oxygen atoms in total. The van der Waals surface area contributed by atoms with Gasteiger partial charge in [0.05, 0.1) is 10.2 Å². The van der Waals surface area contributed by atoms with Crippen LogP contribution in [0.15, 0.2) is 72.2 Å². The molecule has 0 saturated carbocycles. The van der Waals surface area contributed by atoms with Crippen molar-refractivity contribution in [1.82, 2.24) is 14.5 Å². The molecule has 4 heterocycles. The predicted octanol–water partition coefficient (Wildman–Crippen LogP) is 4.30. The van der Waals surface area contributed by atoms with Gasteiger partial charge in [-0.2, -0.15) is 0 Å². The van der Waals surface area contributed by atoms with Crippen LogP contribution in [0.4, 0.5) is 5.82 Å². The number of aromatic nitrogens is 2. The molecule has 1 fully saturated rings. The Hall–Kier alpha value is -3.12. The number of hydrogen-bond acceptors (Lipinski definition) is 4. The van der Waals surface area contributed by atoms with Gasteiger partial charge < -0.3 is 14.4 Å². The fourth-order valence-electron chi connectivity index (χ4n) is 4.12. The first-order valence-electron chi connectivity index (χ1n) is 10.4. The van der Waals surface area contributed by atoms with Crippen molar-refractivity contribution in [2.24, 2.45) is 0 Å². The molecule has 1 saturated heterocycles. The molecule has 30 heavy (non-hydrogen) atoms. The Labute approximate surface area is 180 Å². The topological polar surface area (TPSA) is 41.4 Å². The quantitative estimate of drug-likeness (QED) is 0.487. The Kier molecular flexibility index (Phi) is 5.24. The Morgan fingerprint density at radius 2 is 1.77 bits per heavy atom. The summed E-state index contributed by atoms with van der Waals surface area (Å²) in [6.07, 6.45) is 2.73. The Morgan fingerprint density at radius 1 is 0.967 bits per heavy atom. The number of carbonyl (C=O) groups excluding carboxylic acids is 1. The van der Waals surface area contributed by atoms with Crippen LogP contribution in [0.3, 0.4) is 0 Å². The summed E-state index contributed by atoms with van der Waals surface area (Å²) in [5.41, 5.74) is 3.25. The van der Waals surface area contributed by atoms with Crippen molar-refractivity contribution < 1.29 is 4.79 Å². The molecule has 1 aliphatic rings. The van der Waals surface area contributed by atoms with Gasteiger partial charge in [-0.15, -0.1) is 11.3 Å². The van der Waals surface area contributed by atoms with E-state index < -0.39 is 0 Å². The van der Waals surface area contributed by atoms with Crippen molar-refractivity contribution >= 4 is 33.3 Å². The highest BCUT2D eigenvalue weighted by atomic mass is 32.1. The predicted molar refractivity (Wildman–Crippen MR) is 122 cm³/mol. The second kappa shape index (κ2) is 8.32. The molecule has 1 amide bonds. The number of benzene rings is 1. The van der Waals surface area contributed by atoms with Gasteiger partial charge in [-0.3, -0.25) is 4.79 Å². The maximum absolute atomic E-state index is 13.4. The number of amides is 1. The van der Waals surface area contributed by atoms with Crippen LogP contribution in [0.2, 0.25) is 0 Å². The van der Waals surface area contributed by atoms with E-state index >= 15 is 0 Å². The number of pyridine rings is 1. The maximum atomic E-state index is 13.4. The fourth-order valence-corrected chi connectivity index (χ4v) is 4.94. The number of hydrogen-bond donors (Lipinski definition) is 0. The zero-order valence-corrected chi connectivity index (χ0v) is 17.6. The lowest BCUT2D eigenvalue weighted by atomic mass is 10.1. The molecule has 0 aliphatic carbocycles. The molecule has 0 spiro atoms. The van der Waals surface area contributed by atoms with E-state index in [1.165, 1.54) is 10.3 Å². The number of thiophene rings is 1. The van der Waals surface area contributed by atoms with E-state index in [9.17, 15) is 4.79 Å². The minimum absolute atomic E-state index is 0.132. The standard InChI is InChI=1S/C24H24N4OS/c29-24(27-15-13-26(14-16-27)23-8-4-5-11-25-23)21-18-22-20(10-17-30-22)28(21)12-9-19-6-2-1-3-7-19/h1-8,10-11,17-18H,9,12-16H2. The number of aryl methyl sites for hydroxylation is 2. The molecule has 4 aromatic rings. The SMILES string of the molecule is O=C(c1cc2sccc2n1CCc1ccccc1)N1CCN(c2ccccn2)CC1. The lowest BCUT2D eigenvalue weighted by molar-refractivity contribution is 0.0736. The van der Waals surface area contributed by atoms with Gasteiger partial charge in [-0.05, 0) is 41.6 Å². The molecular formula is C24H24N4OS. The number of carbonyl (C=O) groups is 1. The molecule has 0 radical (unpaired) electrons. The highest BCUT2D eigenvalue weighted by Crippen LogP contribution is 2.27. The second-order valence-corrected chi connectivity index (χ2v) is 8.50. The lowest BCUT2D eigenvalue weighted by Crippen LogP contribution is -2.49. The van der Waals surface area contributed by atoms with E-state index in [4.69, 9.17) is 0 Å². The molecule has 0 N–H and O–H groups in total. The average molecular weight is 417 g/mol. The number of fused-ring (bicyclic) bond motifs is 1. The van der Waals surface area contributed by atoms with Gasteiger partial charge in [0.1, 0.15) is 11.5 Å². The van der Waals surface area contributed by atoms with Gasteiger partial charge in [0.15, 0.2) is 0 Å². The molecular weight excluding hydrogens is 392 g/mol. The Balaban J connectivity index is 1.33. The fraction of sp³-hybridized carbons (Fsp3) is 0.250. The van der Waals surface area contributed by atoms with E-state index in [-0.39, 0.29) is 5.91 Å². The lowest BCUT2D eigenvalue weighted by Gasteiger charge is -2.35. The summed E-state index contributed by atoms with van der Waals surface area (Å²) >= 11 is 1.70. The van der Waals surface area contributed by atoms with Crippen LogP contribution < -0.4 is 4.90 Å². The second-order valence-electron chi connectivity index (χ2n) is 7.55. The molecule has 5 rings (SSSR count). The third-order valence-corrected chi connectivity index (χ3v) is 6.60. The largest absolute Gasteiger partial charge is 0.353 e. The maximum Gasteiger partial charge on any atom is 0.270 e. The summed E-state index contributed by atoms with van der Waals surface area (Å²) in [5, 5.41) is 2.10. The van der Waals surface area contributed by atoms with Crippen LogP contribution in [0, 0.1) is 0 Å². The van der Waals surface area contributed by atoms with Gasteiger partial charge in [-0.25, -0.2) is 4.98 Å². The molecule has 0 unspecified atom stereocenters. The van der Waals surface area contributed by atoms with Gasteiger partial charge in [0, 0.05) is 38.9 Å². The first-order valence-corrected chi connectivity index (χ1v) is 11.2. The number of piperazine rings is 1. The first kappa shape index (κ1) is 18.9. The Morgan fingerprint density at radius 3 is 2.53 bits per heavy atom. The highest BCUT2D eigenvalue weighted by Gasteiger charge is 2.26. The summed E-state index contributed by atoms with van der Waals surface area (Å²) in [4.78, 5) is 22.1. The number of nitrogens with zero attached hydrogens (tertiary/aromatic N) is 4. The van der Waals surface area contributed by atoms with Crippen LogP contribution in [-0.2, 0) is 13.0 Å². The summed E-state index contributed by atoms with van der Waals surface area (Å²) in [7, 11) is 0. The minimum Gasteiger partial charge on any atom is -0.353 e. The summed E-state index contributed by atoms with van der Waals surface area (Å²) < 4.78 is 3.38. The third kappa shape index (κ3) is 3.71. The normalized spacial score (nSPS) is 14.4. The van der Waals surface area contributed by atoms with Crippen LogP contribution >= 0.6 is 11.3 Å². The van der Waals surface area contributed by atoms with E-state index in [1.807, 2.05) is 35.4 Å². The van der Waals surface area contributed by atoms with E-state index in [0.29, 0.717) is 13.1 Å².